The number of amides is 1. The fraction of sp³-hybridized carbons (Fsp3) is 0.500. The number of fused-ring (bicyclic) bond motifs is 1. The number of carbonyl (C=O) groups is 2. The molecule has 1 aliphatic heterocycles. The molecule has 0 bridgehead atoms. The van der Waals surface area contributed by atoms with E-state index in [0.717, 1.165) is 5.75 Å². The van der Waals surface area contributed by atoms with E-state index >= 15 is 0 Å². The number of rotatable bonds is 6. The van der Waals surface area contributed by atoms with Crippen molar-refractivity contribution in [1.29, 1.82) is 0 Å². The number of ether oxygens (including phenoxy) is 1. The number of hydrogen-bond donors (Lipinski definition) is 1. The first-order valence-electron chi connectivity index (χ1n) is 7.35. The van der Waals surface area contributed by atoms with Crippen molar-refractivity contribution < 1.29 is 19.4 Å². The van der Waals surface area contributed by atoms with Crippen LogP contribution in [0.15, 0.2) is 30.3 Å². The summed E-state index contributed by atoms with van der Waals surface area (Å²) < 4.78 is 5.55. The van der Waals surface area contributed by atoms with Gasteiger partial charge in [-0.1, -0.05) is 18.2 Å². The molecule has 2 fully saturated rings. The van der Waals surface area contributed by atoms with Crippen LogP contribution in [0.4, 0.5) is 0 Å². The number of benzene rings is 1. The second-order valence-electron chi connectivity index (χ2n) is 5.76. The third kappa shape index (κ3) is 3.01. The van der Waals surface area contributed by atoms with E-state index in [1.54, 1.807) is 4.90 Å². The van der Waals surface area contributed by atoms with Crippen LogP contribution in [0, 0.1) is 17.8 Å². The predicted octanol–water partition coefficient (Wildman–Crippen LogP) is 1.63. The largest absolute Gasteiger partial charge is 0.494 e. The number of nitrogens with zero attached hydrogens (tertiary/aromatic N) is 1. The minimum Gasteiger partial charge on any atom is -0.494 e. The Morgan fingerprint density at radius 3 is 2.48 bits per heavy atom. The van der Waals surface area contributed by atoms with Gasteiger partial charge in [0.15, 0.2) is 0 Å². The van der Waals surface area contributed by atoms with Crippen LogP contribution in [0.3, 0.4) is 0 Å². The highest BCUT2D eigenvalue weighted by molar-refractivity contribution is 5.79. The molecule has 1 N–H and O–H groups in total. The summed E-state index contributed by atoms with van der Waals surface area (Å²) in [6.45, 7) is 1.74. The first-order chi connectivity index (χ1) is 10.2. The lowest BCUT2D eigenvalue weighted by molar-refractivity contribution is -0.141. The SMILES string of the molecule is O=C(O)C1[C@H]2CN(C(=O)CCCOc3ccccc3)C[C@@H]12. The average Bonchev–Trinajstić information content (AvgIpc) is 3.00. The summed E-state index contributed by atoms with van der Waals surface area (Å²) >= 11 is 0. The first-order valence-corrected chi connectivity index (χ1v) is 7.35. The van der Waals surface area contributed by atoms with E-state index in [9.17, 15) is 9.59 Å². The Bertz CT molecular complexity index is 518. The number of carboxylic acids is 1. The van der Waals surface area contributed by atoms with Crippen molar-refractivity contribution in [3.05, 3.63) is 30.3 Å². The summed E-state index contributed by atoms with van der Waals surface area (Å²) in [7, 11) is 0. The van der Waals surface area contributed by atoms with E-state index in [1.165, 1.54) is 0 Å². The molecular weight excluding hydrogens is 270 g/mol. The summed E-state index contributed by atoms with van der Waals surface area (Å²) in [5, 5.41) is 8.95. The van der Waals surface area contributed by atoms with Gasteiger partial charge in [-0.2, -0.15) is 0 Å². The van der Waals surface area contributed by atoms with Crippen molar-refractivity contribution in [2.75, 3.05) is 19.7 Å². The first kappa shape index (κ1) is 13.9. The molecule has 1 amide bonds. The maximum absolute atomic E-state index is 12.0. The highest BCUT2D eigenvalue weighted by Gasteiger charge is 2.60. The van der Waals surface area contributed by atoms with Crippen LogP contribution < -0.4 is 4.74 Å². The van der Waals surface area contributed by atoms with Crippen LogP contribution in [0.1, 0.15) is 12.8 Å². The molecule has 1 unspecified atom stereocenters. The predicted molar refractivity (Wildman–Crippen MR) is 75.9 cm³/mol. The van der Waals surface area contributed by atoms with Crippen molar-refractivity contribution in [2.24, 2.45) is 17.8 Å². The number of piperidine rings is 1. The monoisotopic (exact) mass is 289 g/mol. The smallest absolute Gasteiger partial charge is 0.307 e. The van der Waals surface area contributed by atoms with Crippen molar-refractivity contribution in [3.8, 4) is 5.75 Å². The molecule has 0 aromatic heterocycles. The Labute approximate surface area is 123 Å². The fourth-order valence-electron chi connectivity index (χ4n) is 3.18. The van der Waals surface area contributed by atoms with Crippen molar-refractivity contribution >= 4 is 11.9 Å². The van der Waals surface area contributed by atoms with E-state index in [0.29, 0.717) is 32.5 Å². The van der Waals surface area contributed by atoms with Crippen LogP contribution >= 0.6 is 0 Å². The lowest BCUT2D eigenvalue weighted by atomic mass is 10.2. The Balaban J connectivity index is 1.34. The van der Waals surface area contributed by atoms with Crippen LogP contribution in [0.25, 0.3) is 0 Å². The minimum atomic E-state index is -0.714. The normalized spacial score (nSPS) is 26.3. The molecule has 112 valence electrons. The van der Waals surface area contributed by atoms with Crippen LogP contribution in [0.2, 0.25) is 0 Å². The molecule has 1 aromatic rings. The van der Waals surface area contributed by atoms with Gasteiger partial charge in [-0.3, -0.25) is 9.59 Å². The highest BCUT2D eigenvalue weighted by atomic mass is 16.5. The van der Waals surface area contributed by atoms with Gasteiger partial charge < -0.3 is 14.7 Å². The van der Waals surface area contributed by atoms with Crippen molar-refractivity contribution in [1.82, 2.24) is 4.90 Å². The van der Waals surface area contributed by atoms with Gasteiger partial charge in [0.1, 0.15) is 5.75 Å². The van der Waals surface area contributed by atoms with Gasteiger partial charge in [0.2, 0.25) is 5.91 Å². The summed E-state index contributed by atoms with van der Waals surface area (Å²) in [4.78, 5) is 24.7. The molecule has 0 spiro atoms. The summed E-state index contributed by atoms with van der Waals surface area (Å²) in [6, 6.07) is 9.54. The number of likely N-dealkylation sites (tertiary alicyclic amines) is 1. The molecule has 3 atom stereocenters. The average molecular weight is 289 g/mol. The molecule has 1 saturated carbocycles. The molecule has 5 heteroatoms. The minimum absolute atomic E-state index is 0.114. The Kier molecular flexibility index (Phi) is 3.82. The van der Waals surface area contributed by atoms with Crippen LogP contribution in [-0.4, -0.2) is 41.6 Å². The van der Waals surface area contributed by atoms with Crippen LogP contribution in [0.5, 0.6) is 5.75 Å². The lowest BCUT2D eigenvalue weighted by Crippen LogP contribution is -2.32. The molecule has 1 aliphatic carbocycles. The molecule has 1 aromatic carbocycles. The molecule has 2 aliphatic rings. The van der Waals surface area contributed by atoms with E-state index in [-0.39, 0.29) is 23.7 Å². The molecule has 1 heterocycles. The number of carbonyl (C=O) groups excluding carboxylic acids is 1. The quantitative estimate of drug-likeness (QED) is 0.808. The zero-order valence-electron chi connectivity index (χ0n) is 11.8. The summed E-state index contributed by atoms with van der Waals surface area (Å²) in [5.41, 5.74) is 0. The molecular formula is C16H19NO4. The Morgan fingerprint density at radius 2 is 1.86 bits per heavy atom. The number of carboxylic acid groups (broad SMARTS) is 1. The van der Waals surface area contributed by atoms with Gasteiger partial charge >= 0.3 is 5.97 Å². The highest BCUT2D eigenvalue weighted by Crippen LogP contribution is 2.51. The second kappa shape index (κ2) is 5.76. The van der Waals surface area contributed by atoms with Gasteiger partial charge in [-0.15, -0.1) is 0 Å². The van der Waals surface area contributed by atoms with E-state index in [1.807, 2.05) is 30.3 Å². The van der Waals surface area contributed by atoms with E-state index in [4.69, 9.17) is 9.84 Å². The zero-order chi connectivity index (χ0) is 14.8. The Morgan fingerprint density at radius 1 is 1.19 bits per heavy atom. The van der Waals surface area contributed by atoms with E-state index in [2.05, 4.69) is 0 Å². The summed E-state index contributed by atoms with van der Waals surface area (Å²) in [5.74, 6) is 0.377. The van der Waals surface area contributed by atoms with E-state index < -0.39 is 5.97 Å². The lowest BCUT2D eigenvalue weighted by Gasteiger charge is -2.19. The second-order valence-corrected chi connectivity index (χ2v) is 5.76. The van der Waals surface area contributed by atoms with Gasteiger partial charge in [0.05, 0.1) is 12.5 Å². The number of para-hydroxylation sites is 1. The maximum atomic E-state index is 12.0. The van der Waals surface area contributed by atoms with Gasteiger partial charge in [0, 0.05) is 19.5 Å². The third-order valence-corrected chi connectivity index (χ3v) is 4.38. The maximum Gasteiger partial charge on any atom is 0.307 e. The third-order valence-electron chi connectivity index (χ3n) is 4.38. The molecule has 0 radical (unpaired) electrons. The molecule has 3 rings (SSSR count). The summed E-state index contributed by atoms with van der Waals surface area (Å²) in [6.07, 6.45) is 1.14. The van der Waals surface area contributed by atoms with Gasteiger partial charge in [0.25, 0.3) is 0 Å². The van der Waals surface area contributed by atoms with Gasteiger partial charge in [-0.25, -0.2) is 0 Å². The van der Waals surface area contributed by atoms with Crippen LogP contribution in [-0.2, 0) is 9.59 Å². The van der Waals surface area contributed by atoms with Crippen molar-refractivity contribution in [3.63, 3.8) is 0 Å². The molecule has 1 saturated heterocycles. The number of hydrogen-bond acceptors (Lipinski definition) is 3. The molecule has 21 heavy (non-hydrogen) atoms. The number of aliphatic carboxylic acids is 1. The Hall–Kier alpha value is -2.04. The zero-order valence-corrected chi connectivity index (χ0v) is 11.8. The standard InChI is InChI=1S/C16H19NO4/c18-14(7-4-8-21-11-5-2-1-3-6-11)17-9-12-13(10-17)15(12)16(19)20/h1-3,5-6,12-13,15H,4,7-10H2,(H,19,20)/t12-,13+,15?. The fourth-order valence-corrected chi connectivity index (χ4v) is 3.18. The van der Waals surface area contributed by atoms with Gasteiger partial charge in [-0.05, 0) is 30.4 Å². The topological polar surface area (TPSA) is 66.8 Å². The van der Waals surface area contributed by atoms with Crippen molar-refractivity contribution in [2.45, 2.75) is 12.8 Å². The molecule has 5 nitrogen and oxygen atoms in total.